The largest absolute Gasteiger partial charge is 0.379 e. The molecule has 0 radical (unpaired) electrons. The second kappa shape index (κ2) is 7.90. The molecule has 0 aromatic heterocycles. The van der Waals surface area contributed by atoms with Gasteiger partial charge in [0.1, 0.15) is 0 Å². The van der Waals surface area contributed by atoms with Gasteiger partial charge in [0, 0.05) is 37.3 Å². The van der Waals surface area contributed by atoms with Gasteiger partial charge in [0.25, 0.3) is 0 Å². The molecule has 1 saturated heterocycles. The lowest BCUT2D eigenvalue weighted by Gasteiger charge is -2.27. The molecule has 3 rings (SSSR count). The lowest BCUT2D eigenvalue weighted by atomic mass is 9.85. The van der Waals surface area contributed by atoms with Crippen molar-refractivity contribution in [1.82, 2.24) is 4.90 Å². The number of nitrogens with zero attached hydrogens (tertiary/aromatic N) is 1. The number of nitrogens with two attached hydrogens (primary N) is 1. The molecule has 23 heavy (non-hydrogen) atoms. The van der Waals surface area contributed by atoms with Crippen LogP contribution in [-0.2, 0) is 16.1 Å². The molecule has 2 unspecified atom stereocenters. The molecule has 2 atom stereocenters. The fourth-order valence-electron chi connectivity index (χ4n) is 3.42. The number of rotatable bonds is 4. The number of amides is 1. The Morgan fingerprint density at radius 1 is 1.22 bits per heavy atom. The fourth-order valence-corrected chi connectivity index (χ4v) is 3.42. The van der Waals surface area contributed by atoms with Crippen LogP contribution in [0.25, 0.3) is 0 Å². The molecule has 126 valence electrons. The number of carbonyl (C=O) groups is 1. The van der Waals surface area contributed by atoms with Crippen molar-refractivity contribution >= 4 is 11.6 Å². The highest BCUT2D eigenvalue weighted by Crippen LogP contribution is 2.24. The number of carbonyl (C=O) groups excluding carboxylic acids is 1. The summed E-state index contributed by atoms with van der Waals surface area (Å²) in [7, 11) is 0. The van der Waals surface area contributed by atoms with E-state index >= 15 is 0 Å². The fraction of sp³-hybridized carbons (Fsp3) is 0.611. The van der Waals surface area contributed by atoms with Gasteiger partial charge in [0.05, 0.1) is 13.2 Å². The Bertz CT molecular complexity index is 512. The molecular weight excluding hydrogens is 290 g/mol. The highest BCUT2D eigenvalue weighted by Gasteiger charge is 2.25. The molecule has 5 nitrogen and oxygen atoms in total. The lowest BCUT2D eigenvalue weighted by Crippen LogP contribution is -2.35. The lowest BCUT2D eigenvalue weighted by molar-refractivity contribution is -0.120. The highest BCUT2D eigenvalue weighted by molar-refractivity contribution is 5.92. The van der Waals surface area contributed by atoms with Crippen molar-refractivity contribution in [2.24, 2.45) is 11.7 Å². The van der Waals surface area contributed by atoms with E-state index < -0.39 is 0 Å². The number of morpholine rings is 1. The Morgan fingerprint density at radius 3 is 2.65 bits per heavy atom. The van der Waals surface area contributed by atoms with Crippen molar-refractivity contribution in [1.29, 1.82) is 0 Å². The normalized spacial score (nSPS) is 26.0. The second-order valence-corrected chi connectivity index (χ2v) is 6.70. The molecule has 1 aliphatic carbocycles. The topological polar surface area (TPSA) is 67.6 Å². The SMILES string of the molecule is NC1CCCC(C(=O)Nc2ccc(CN3CCOCC3)cc2)C1. The number of anilines is 1. The van der Waals surface area contributed by atoms with E-state index in [1.165, 1.54) is 5.56 Å². The van der Waals surface area contributed by atoms with Crippen molar-refractivity contribution in [3.8, 4) is 0 Å². The van der Waals surface area contributed by atoms with E-state index in [1.807, 2.05) is 12.1 Å². The minimum absolute atomic E-state index is 0.0618. The second-order valence-electron chi connectivity index (χ2n) is 6.70. The zero-order valence-corrected chi connectivity index (χ0v) is 13.7. The van der Waals surface area contributed by atoms with Crippen molar-refractivity contribution in [2.75, 3.05) is 31.6 Å². The van der Waals surface area contributed by atoms with E-state index in [9.17, 15) is 4.79 Å². The molecule has 5 heteroatoms. The van der Waals surface area contributed by atoms with E-state index in [2.05, 4.69) is 22.3 Å². The van der Waals surface area contributed by atoms with Gasteiger partial charge in [-0.25, -0.2) is 0 Å². The quantitative estimate of drug-likeness (QED) is 0.891. The molecule has 1 saturated carbocycles. The van der Waals surface area contributed by atoms with Gasteiger partial charge in [-0.3, -0.25) is 9.69 Å². The minimum atomic E-state index is 0.0618. The van der Waals surface area contributed by atoms with Crippen LogP contribution in [0.4, 0.5) is 5.69 Å². The Morgan fingerprint density at radius 2 is 1.96 bits per heavy atom. The maximum absolute atomic E-state index is 12.3. The number of ether oxygens (including phenoxy) is 1. The molecule has 1 amide bonds. The first-order valence-corrected chi connectivity index (χ1v) is 8.66. The Labute approximate surface area is 138 Å². The van der Waals surface area contributed by atoms with Crippen molar-refractivity contribution < 1.29 is 9.53 Å². The van der Waals surface area contributed by atoms with E-state index in [4.69, 9.17) is 10.5 Å². The van der Waals surface area contributed by atoms with Gasteiger partial charge in [0.2, 0.25) is 5.91 Å². The average molecular weight is 317 g/mol. The third-order valence-corrected chi connectivity index (χ3v) is 4.82. The number of benzene rings is 1. The Hall–Kier alpha value is -1.43. The summed E-state index contributed by atoms with van der Waals surface area (Å²) in [6, 6.07) is 8.36. The zero-order chi connectivity index (χ0) is 16.1. The van der Waals surface area contributed by atoms with Gasteiger partial charge >= 0.3 is 0 Å². The summed E-state index contributed by atoms with van der Waals surface area (Å²) in [6.07, 6.45) is 3.85. The minimum Gasteiger partial charge on any atom is -0.379 e. The van der Waals surface area contributed by atoms with Crippen molar-refractivity contribution in [3.63, 3.8) is 0 Å². The van der Waals surface area contributed by atoms with Crippen molar-refractivity contribution in [2.45, 2.75) is 38.3 Å². The van der Waals surface area contributed by atoms with Gasteiger partial charge in [-0.2, -0.15) is 0 Å². The molecule has 2 fully saturated rings. The summed E-state index contributed by atoms with van der Waals surface area (Å²) in [5.74, 6) is 0.174. The molecule has 2 aliphatic rings. The standard InChI is InChI=1S/C18H27N3O2/c19-16-3-1-2-15(12-16)18(22)20-17-6-4-14(5-7-17)13-21-8-10-23-11-9-21/h4-7,15-16H,1-3,8-13,19H2,(H,20,22). The van der Waals surface area contributed by atoms with Gasteiger partial charge in [-0.05, 0) is 37.0 Å². The summed E-state index contributed by atoms with van der Waals surface area (Å²) in [5, 5.41) is 3.03. The summed E-state index contributed by atoms with van der Waals surface area (Å²) < 4.78 is 5.37. The van der Waals surface area contributed by atoms with E-state index in [0.29, 0.717) is 0 Å². The van der Waals surface area contributed by atoms with Crippen LogP contribution in [0.15, 0.2) is 24.3 Å². The molecule has 1 aliphatic heterocycles. The maximum atomic E-state index is 12.3. The van der Waals surface area contributed by atoms with Crippen LogP contribution >= 0.6 is 0 Å². The summed E-state index contributed by atoms with van der Waals surface area (Å²) in [6.45, 7) is 4.55. The summed E-state index contributed by atoms with van der Waals surface area (Å²) in [4.78, 5) is 14.7. The number of nitrogens with one attached hydrogen (secondary N) is 1. The predicted octanol–water partition coefficient (Wildman–Crippen LogP) is 1.97. The maximum Gasteiger partial charge on any atom is 0.227 e. The zero-order valence-electron chi connectivity index (χ0n) is 13.7. The van der Waals surface area contributed by atoms with E-state index in [-0.39, 0.29) is 17.9 Å². The van der Waals surface area contributed by atoms with Crippen LogP contribution in [0.1, 0.15) is 31.2 Å². The molecule has 1 heterocycles. The van der Waals surface area contributed by atoms with E-state index in [0.717, 1.165) is 64.2 Å². The summed E-state index contributed by atoms with van der Waals surface area (Å²) in [5.41, 5.74) is 8.11. The molecule has 0 bridgehead atoms. The molecule has 3 N–H and O–H groups in total. The van der Waals surface area contributed by atoms with Crippen LogP contribution in [0, 0.1) is 5.92 Å². The number of hydrogen-bond donors (Lipinski definition) is 2. The van der Waals surface area contributed by atoms with E-state index in [1.54, 1.807) is 0 Å². The van der Waals surface area contributed by atoms with Crippen LogP contribution < -0.4 is 11.1 Å². The first kappa shape index (κ1) is 16.4. The van der Waals surface area contributed by atoms with Gasteiger partial charge in [-0.1, -0.05) is 18.6 Å². The van der Waals surface area contributed by atoms with Crippen LogP contribution in [0.3, 0.4) is 0 Å². The monoisotopic (exact) mass is 317 g/mol. The number of hydrogen-bond acceptors (Lipinski definition) is 4. The van der Waals surface area contributed by atoms with Crippen molar-refractivity contribution in [3.05, 3.63) is 29.8 Å². The highest BCUT2D eigenvalue weighted by atomic mass is 16.5. The predicted molar refractivity (Wildman–Crippen MR) is 91.1 cm³/mol. The molecule has 1 aromatic rings. The van der Waals surface area contributed by atoms with Gasteiger partial charge in [0.15, 0.2) is 0 Å². The molecule has 0 spiro atoms. The molecular formula is C18H27N3O2. The van der Waals surface area contributed by atoms with Crippen LogP contribution in [0.2, 0.25) is 0 Å². The smallest absolute Gasteiger partial charge is 0.227 e. The molecule has 1 aromatic carbocycles. The Balaban J connectivity index is 1.51. The van der Waals surface area contributed by atoms with Gasteiger partial charge < -0.3 is 15.8 Å². The van der Waals surface area contributed by atoms with Crippen LogP contribution in [0.5, 0.6) is 0 Å². The average Bonchev–Trinajstić information content (AvgIpc) is 2.57. The Kier molecular flexibility index (Phi) is 5.65. The third kappa shape index (κ3) is 4.77. The first-order chi connectivity index (χ1) is 11.2. The third-order valence-electron chi connectivity index (χ3n) is 4.82. The van der Waals surface area contributed by atoms with Crippen LogP contribution in [-0.4, -0.2) is 43.2 Å². The summed E-state index contributed by atoms with van der Waals surface area (Å²) >= 11 is 0. The first-order valence-electron chi connectivity index (χ1n) is 8.66. The van der Waals surface area contributed by atoms with Gasteiger partial charge in [-0.15, -0.1) is 0 Å².